The fourth-order valence-electron chi connectivity index (χ4n) is 3.41. The van der Waals surface area contributed by atoms with Crippen LogP contribution in [0.5, 0.6) is 5.75 Å². The molecule has 1 heterocycles. The molecule has 0 bridgehead atoms. The zero-order valence-corrected chi connectivity index (χ0v) is 16.8. The second-order valence-electron chi connectivity index (χ2n) is 7.49. The van der Waals surface area contributed by atoms with Gasteiger partial charge >= 0.3 is 0 Å². The van der Waals surface area contributed by atoms with Gasteiger partial charge < -0.3 is 14.5 Å². The zero-order chi connectivity index (χ0) is 19.7. The largest absolute Gasteiger partial charge is 0.497 e. The molecule has 0 radical (unpaired) electrons. The summed E-state index contributed by atoms with van der Waals surface area (Å²) >= 11 is 0. The highest BCUT2D eigenvalue weighted by atomic mass is 16.5. The zero-order valence-electron chi connectivity index (χ0n) is 16.8. The Hall–Kier alpha value is -2.75. The molecule has 142 valence electrons. The van der Waals surface area contributed by atoms with Gasteiger partial charge in [-0.1, -0.05) is 45.9 Å². The van der Waals surface area contributed by atoms with E-state index in [-0.39, 0.29) is 5.91 Å². The van der Waals surface area contributed by atoms with Gasteiger partial charge in [-0.05, 0) is 48.1 Å². The Balaban J connectivity index is 2.04. The molecule has 3 rings (SSSR count). The second-order valence-corrected chi connectivity index (χ2v) is 7.49. The molecule has 1 aromatic heterocycles. The molecule has 0 saturated heterocycles. The van der Waals surface area contributed by atoms with E-state index in [0.29, 0.717) is 23.2 Å². The van der Waals surface area contributed by atoms with Gasteiger partial charge in [-0.2, -0.15) is 0 Å². The Morgan fingerprint density at radius 3 is 2.22 bits per heavy atom. The number of aryl methyl sites for hydroxylation is 1. The van der Waals surface area contributed by atoms with E-state index in [4.69, 9.17) is 9.15 Å². The molecule has 0 unspecified atom stereocenters. The van der Waals surface area contributed by atoms with E-state index < -0.39 is 0 Å². The summed E-state index contributed by atoms with van der Waals surface area (Å²) in [7, 11) is 1.63. The lowest BCUT2D eigenvalue weighted by molar-refractivity contribution is 0.0997. The number of amides is 1. The van der Waals surface area contributed by atoms with E-state index in [1.165, 1.54) is 0 Å². The smallest absolute Gasteiger partial charge is 0.291 e. The number of hydrogen-bond donors (Lipinski definition) is 1. The minimum atomic E-state index is -0.224. The molecule has 1 amide bonds. The number of methoxy groups -OCH3 is 1. The SMILES string of the molecule is COc1ccc2oc(C(=O)Nc3c(C(C)C)cccc3C(C)C)c(C)c2c1. The van der Waals surface area contributed by atoms with E-state index >= 15 is 0 Å². The van der Waals surface area contributed by atoms with Gasteiger partial charge in [-0.3, -0.25) is 4.79 Å². The maximum absolute atomic E-state index is 13.1. The summed E-state index contributed by atoms with van der Waals surface area (Å²) in [6.07, 6.45) is 0. The number of fused-ring (bicyclic) bond motifs is 1. The highest BCUT2D eigenvalue weighted by Crippen LogP contribution is 2.34. The van der Waals surface area contributed by atoms with Crippen LogP contribution in [-0.4, -0.2) is 13.0 Å². The first-order valence-corrected chi connectivity index (χ1v) is 9.34. The van der Waals surface area contributed by atoms with Crippen LogP contribution in [0.4, 0.5) is 5.69 Å². The second kappa shape index (κ2) is 7.47. The monoisotopic (exact) mass is 365 g/mol. The van der Waals surface area contributed by atoms with Gasteiger partial charge in [0.25, 0.3) is 5.91 Å². The van der Waals surface area contributed by atoms with Crippen LogP contribution in [0.3, 0.4) is 0 Å². The summed E-state index contributed by atoms with van der Waals surface area (Å²) in [4.78, 5) is 13.1. The van der Waals surface area contributed by atoms with Crippen molar-refractivity contribution in [1.82, 2.24) is 0 Å². The fraction of sp³-hybridized carbons (Fsp3) is 0.348. The number of carbonyl (C=O) groups excluding carboxylic acids is 1. The average molecular weight is 365 g/mol. The van der Waals surface area contributed by atoms with E-state index in [2.05, 4.69) is 51.2 Å². The van der Waals surface area contributed by atoms with E-state index in [9.17, 15) is 4.79 Å². The van der Waals surface area contributed by atoms with Crippen LogP contribution in [0.1, 0.15) is 66.8 Å². The number of anilines is 1. The first-order chi connectivity index (χ1) is 12.8. The van der Waals surface area contributed by atoms with Crippen molar-refractivity contribution in [2.45, 2.75) is 46.5 Å². The van der Waals surface area contributed by atoms with E-state index in [0.717, 1.165) is 33.5 Å². The highest BCUT2D eigenvalue weighted by molar-refractivity contribution is 6.07. The quantitative estimate of drug-likeness (QED) is 0.581. The van der Waals surface area contributed by atoms with Crippen molar-refractivity contribution in [2.24, 2.45) is 0 Å². The molecule has 4 heteroatoms. The minimum Gasteiger partial charge on any atom is -0.497 e. The molecule has 0 aliphatic carbocycles. The number of carbonyl (C=O) groups is 1. The maximum atomic E-state index is 13.1. The van der Waals surface area contributed by atoms with Crippen LogP contribution in [0, 0.1) is 6.92 Å². The Kier molecular flexibility index (Phi) is 5.26. The minimum absolute atomic E-state index is 0.224. The maximum Gasteiger partial charge on any atom is 0.291 e. The van der Waals surface area contributed by atoms with Crippen molar-refractivity contribution in [3.63, 3.8) is 0 Å². The summed E-state index contributed by atoms with van der Waals surface area (Å²) in [5, 5.41) is 4.01. The molecule has 2 aromatic carbocycles. The number of hydrogen-bond acceptors (Lipinski definition) is 3. The Morgan fingerprint density at radius 1 is 1.04 bits per heavy atom. The van der Waals surface area contributed by atoms with Gasteiger partial charge in [0, 0.05) is 16.6 Å². The van der Waals surface area contributed by atoms with Crippen molar-refractivity contribution in [3.8, 4) is 5.75 Å². The van der Waals surface area contributed by atoms with Crippen molar-refractivity contribution < 1.29 is 13.9 Å². The van der Waals surface area contributed by atoms with Gasteiger partial charge in [0.05, 0.1) is 7.11 Å². The Bertz CT molecular complexity index is 956. The van der Waals surface area contributed by atoms with Crippen LogP contribution in [0.25, 0.3) is 11.0 Å². The number of rotatable bonds is 5. The fourth-order valence-corrected chi connectivity index (χ4v) is 3.41. The topological polar surface area (TPSA) is 51.5 Å². The number of benzene rings is 2. The van der Waals surface area contributed by atoms with Crippen LogP contribution in [-0.2, 0) is 0 Å². The molecule has 4 nitrogen and oxygen atoms in total. The molecule has 0 aliphatic heterocycles. The first-order valence-electron chi connectivity index (χ1n) is 9.34. The lowest BCUT2D eigenvalue weighted by Crippen LogP contribution is -2.16. The van der Waals surface area contributed by atoms with Gasteiger partial charge in [-0.25, -0.2) is 0 Å². The number of para-hydroxylation sites is 1. The molecular formula is C23H27NO3. The lowest BCUT2D eigenvalue weighted by Gasteiger charge is -2.19. The highest BCUT2D eigenvalue weighted by Gasteiger charge is 2.21. The third-order valence-electron chi connectivity index (χ3n) is 4.96. The van der Waals surface area contributed by atoms with E-state index in [1.54, 1.807) is 7.11 Å². The molecular weight excluding hydrogens is 338 g/mol. The molecule has 27 heavy (non-hydrogen) atoms. The van der Waals surface area contributed by atoms with Crippen LogP contribution in [0.15, 0.2) is 40.8 Å². The van der Waals surface area contributed by atoms with E-state index in [1.807, 2.05) is 25.1 Å². The van der Waals surface area contributed by atoms with Crippen molar-refractivity contribution in [3.05, 3.63) is 58.8 Å². The predicted octanol–water partition coefficient (Wildman–Crippen LogP) is 6.25. The summed E-state index contributed by atoms with van der Waals surface area (Å²) in [5.74, 6) is 1.47. The number of ether oxygens (including phenoxy) is 1. The average Bonchev–Trinajstić information content (AvgIpc) is 2.97. The van der Waals surface area contributed by atoms with Crippen molar-refractivity contribution in [2.75, 3.05) is 12.4 Å². The third-order valence-corrected chi connectivity index (χ3v) is 4.96. The van der Waals surface area contributed by atoms with Gasteiger partial charge in [-0.15, -0.1) is 0 Å². The van der Waals surface area contributed by atoms with Crippen LogP contribution in [0.2, 0.25) is 0 Å². The lowest BCUT2D eigenvalue weighted by atomic mass is 9.92. The number of nitrogens with one attached hydrogen (secondary N) is 1. The molecule has 0 aliphatic rings. The predicted molar refractivity (Wildman–Crippen MR) is 110 cm³/mol. The van der Waals surface area contributed by atoms with Crippen molar-refractivity contribution in [1.29, 1.82) is 0 Å². The molecule has 0 saturated carbocycles. The Morgan fingerprint density at radius 2 is 1.67 bits per heavy atom. The molecule has 3 aromatic rings. The normalized spacial score (nSPS) is 11.4. The molecule has 0 atom stereocenters. The molecule has 1 N–H and O–H groups in total. The number of furan rings is 1. The summed E-state index contributed by atoms with van der Waals surface area (Å²) in [5.41, 5.74) is 4.65. The first kappa shape index (κ1) is 19.0. The molecule has 0 fully saturated rings. The standard InChI is InChI=1S/C23H27NO3/c1-13(2)17-8-7-9-18(14(3)4)21(17)24-23(25)22-15(5)19-12-16(26-6)10-11-20(19)27-22/h7-14H,1-6H3,(H,24,25). The summed E-state index contributed by atoms with van der Waals surface area (Å²) in [6, 6.07) is 11.8. The van der Waals surface area contributed by atoms with Crippen LogP contribution >= 0.6 is 0 Å². The van der Waals surface area contributed by atoms with Gasteiger partial charge in [0.1, 0.15) is 11.3 Å². The Labute approximate surface area is 160 Å². The van der Waals surface area contributed by atoms with Gasteiger partial charge in [0.15, 0.2) is 5.76 Å². The van der Waals surface area contributed by atoms with Crippen molar-refractivity contribution >= 4 is 22.6 Å². The van der Waals surface area contributed by atoms with Crippen LogP contribution < -0.4 is 10.1 Å². The van der Waals surface area contributed by atoms with Gasteiger partial charge in [0.2, 0.25) is 0 Å². The molecule has 0 spiro atoms. The third kappa shape index (κ3) is 3.57. The summed E-state index contributed by atoms with van der Waals surface area (Å²) < 4.78 is 11.2. The summed E-state index contributed by atoms with van der Waals surface area (Å²) in [6.45, 7) is 10.4.